The number of rotatable bonds is 9. The summed E-state index contributed by atoms with van der Waals surface area (Å²) < 4.78 is 38.6. The second-order valence-electron chi connectivity index (χ2n) is 7.10. The molecule has 33 heavy (non-hydrogen) atoms. The zero-order valence-corrected chi connectivity index (χ0v) is 19.4. The van der Waals surface area contributed by atoms with E-state index in [0.29, 0.717) is 40.1 Å². The maximum atomic E-state index is 14.5. The topological polar surface area (TPSA) is 73.3 Å². The lowest BCUT2D eigenvalue weighted by molar-refractivity contribution is -0.153. The SMILES string of the molecule is COc1nc(NCCc2ccc(Cl)cc2Cl)cc(-c2cccc(C(F)(F)COC(C)=O)c2)n1. The number of carbonyl (C=O) groups excluding carboxylic acids is 1. The molecule has 0 aliphatic carbocycles. The van der Waals surface area contributed by atoms with Crippen molar-refractivity contribution in [3.63, 3.8) is 0 Å². The summed E-state index contributed by atoms with van der Waals surface area (Å²) in [4.78, 5) is 19.5. The standard InChI is InChI=1S/C23H21Cl2F2N3O3/c1-14(31)33-13-23(26,27)17-5-3-4-16(10-17)20-12-21(30-22(29-20)32-2)28-9-8-15-6-7-18(24)11-19(15)25/h3-7,10-12H,8-9,13H2,1-2H3,(H,28,29,30). The Kier molecular flexibility index (Phi) is 8.05. The second-order valence-corrected chi connectivity index (χ2v) is 7.95. The van der Waals surface area contributed by atoms with Gasteiger partial charge in [-0.05, 0) is 30.2 Å². The van der Waals surface area contributed by atoms with Crippen LogP contribution in [-0.4, -0.2) is 36.2 Å². The Morgan fingerprint density at radius 3 is 2.61 bits per heavy atom. The van der Waals surface area contributed by atoms with Gasteiger partial charge in [-0.1, -0.05) is 47.5 Å². The summed E-state index contributed by atoms with van der Waals surface area (Å²) in [5.74, 6) is -3.67. The van der Waals surface area contributed by atoms with E-state index in [2.05, 4.69) is 20.0 Å². The number of methoxy groups -OCH3 is 1. The Labute approximate surface area is 199 Å². The van der Waals surface area contributed by atoms with Gasteiger partial charge in [-0.15, -0.1) is 0 Å². The van der Waals surface area contributed by atoms with E-state index in [1.54, 1.807) is 24.3 Å². The number of ether oxygens (including phenoxy) is 2. The third-order valence-corrected chi connectivity index (χ3v) is 5.23. The lowest BCUT2D eigenvalue weighted by Crippen LogP contribution is -2.22. The van der Waals surface area contributed by atoms with Crippen LogP contribution in [0.3, 0.4) is 0 Å². The quantitative estimate of drug-likeness (QED) is 0.380. The van der Waals surface area contributed by atoms with Crippen LogP contribution in [0.4, 0.5) is 14.6 Å². The first-order valence-electron chi connectivity index (χ1n) is 9.91. The highest BCUT2D eigenvalue weighted by Crippen LogP contribution is 2.32. The van der Waals surface area contributed by atoms with Crippen LogP contribution in [0.15, 0.2) is 48.5 Å². The van der Waals surface area contributed by atoms with Crippen molar-refractivity contribution in [2.75, 3.05) is 25.6 Å². The Balaban J connectivity index is 1.80. The number of benzene rings is 2. The molecule has 10 heteroatoms. The number of hydrogen-bond acceptors (Lipinski definition) is 6. The monoisotopic (exact) mass is 495 g/mol. The van der Waals surface area contributed by atoms with Gasteiger partial charge in [0, 0.05) is 40.7 Å². The van der Waals surface area contributed by atoms with Crippen LogP contribution in [0.25, 0.3) is 11.3 Å². The van der Waals surface area contributed by atoms with Crippen LogP contribution >= 0.6 is 23.2 Å². The molecule has 0 radical (unpaired) electrons. The number of nitrogens with zero attached hydrogens (tertiary/aromatic N) is 2. The largest absolute Gasteiger partial charge is 0.467 e. The summed E-state index contributed by atoms with van der Waals surface area (Å²) in [5, 5.41) is 4.29. The third kappa shape index (κ3) is 6.76. The fourth-order valence-electron chi connectivity index (χ4n) is 2.99. The molecule has 0 atom stereocenters. The lowest BCUT2D eigenvalue weighted by Gasteiger charge is -2.17. The van der Waals surface area contributed by atoms with Crippen molar-refractivity contribution in [2.45, 2.75) is 19.3 Å². The molecular formula is C23H21Cl2F2N3O3. The Hall–Kier alpha value is -2.97. The van der Waals surface area contributed by atoms with Gasteiger partial charge in [0.15, 0.2) is 6.61 Å². The molecule has 0 aliphatic heterocycles. The molecule has 0 saturated heterocycles. The Bertz CT molecular complexity index is 1150. The Morgan fingerprint density at radius 2 is 1.91 bits per heavy atom. The molecule has 0 saturated carbocycles. The number of aromatic nitrogens is 2. The van der Waals surface area contributed by atoms with Crippen molar-refractivity contribution in [1.82, 2.24) is 9.97 Å². The summed E-state index contributed by atoms with van der Waals surface area (Å²) in [6.07, 6.45) is 0.607. The van der Waals surface area contributed by atoms with Crippen LogP contribution in [0.5, 0.6) is 6.01 Å². The van der Waals surface area contributed by atoms with E-state index in [-0.39, 0.29) is 11.6 Å². The molecule has 0 fully saturated rings. The molecule has 6 nitrogen and oxygen atoms in total. The number of alkyl halides is 2. The normalized spacial score (nSPS) is 11.2. The predicted octanol–water partition coefficient (Wildman–Crippen LogP) is 5.77. The van der Waals surface area contributed by atoms with Gasteiger partial charge in [0.05, 0.1) is 12.8 Å². The molecule has 174 valence electrons. The molecule has 1 N–H and O–H groups in total. The molecule has 0 aliphatic rings. The second kappa shape index (κ2) is 10.8. The summed E-state index contributed by atoms with van der Waals surface area (Å²) in [6.45, 7) is 0.537. The van der Waals surface area contributed by atoms with Crippen molar-refractivity contribution in [3.8, 4) is 17.3 Å². The van der Waals surface area contributed by atoms with Crippen molar-refractivity contribution < 1.29 is 23.0 Å². The molecule has 2 aromatic carbocycles. The molecule has 1 aromatic heterocycles. The molecule has 1 heterocycles. The highest BCUT2D eigenvalue weighted by Gasteiger charge is 2.33. The predicted molar refractivity (Wildman–Crippen MR) is 123 cm³/mol. The first-order valence-corrected chi connectivity index (χ1v) is 10.7. The molecule has 0 bridgehead atoms. The van der Waals surface area contributed by atoms with E-state index < -0.39 is 18.5 Å². The minimum Gasteiger partial charge on any atom is -0.467 e. The zero-order chi connectivity index (χ0) is 24.0. The maximum absolute atomic E-state index is 14.5. The van der Waals surface area contributed by atoms with Gasteiger partial charge in [0.1, 0.15) is 5.82 Å². The summed E-state index contributed by atoms with van der Waals surface area (Å²) in [7, 11) is 1.42. The van der Waals surface area contributed by atoms with E-state index in [4.69, 9.17) is 27.9 Å². The smallest absolute Gasteiger partial charge is 0.318 e. The van der Waals surface area contributed by atoms with Crippen LogP contribution in [-0.2, 0) is 21.9 Å². The number of esters is 1. The van der Waals surface area contributed by atoms with Crippen molar-refractivity contribution in [2.24, 2.45) is 0 Å². The van der Waals surface area contributed by atoms with Gasteiger partial charge in [-0.2, -0.15) is 18.7 Å². The molecular weight excluding hydrogens is 475 g/mol. The molecule has 0 amide bonds. The number of carbonyl (C=O) groups is 1. The van der Waals surface area contributed by atoms with Gasteiger partial charge in [0.25, 0.3) is 0 Å². The number of nitrogens with one attached hydrogen (secondary N) is 1. The van der Waals surface area contributed by atoms with Crippen molar-refractivity contribution >= 4 is 35.0 Å². The first kappa shape index (κ1) is 24.7. The van der Waals surface area contributed by atoms with Gasteiger partial charge in [0.2, 0.25) is 0 Å². The van der Waals surface area contributed by atoms with Crippen LogP contribution in [0.1, 0.15) is 18.1 Å². The minimum atomic E-state index is -3.35. The zero-order valence-electron chi connectivity index (χ0n) is 17.9. The average Bonchev–Trinajstić information content (AvgIpc) is 2.79. The van der Waals surface area contributed by atoms with Crippen LogP contribution in [0, 0.1) is 0 Å². The highest BCUT2D eigenvalue weighted by atomic mass is 35.5. The Morgan fingerprint density at radius 1 is 1.12 bits per heavy atom. The third-order valence-electron chi connectivity index (χ3n) is 4.64. The fraction of sp³-hybridized carbons (Fsp3) is 0.261. The van der Waals surface area contributed by atoms with Crippen LogP contribution in [0.2, 0.25) is 10.0 Å². The number of hydrogen-bond donors (Lipinski definition) is 1. The molecule has 0 unspecified atom stereocenters. The lowest BCUT2D eigenvalue weighted by atomic mass is 10.0. The van der Waals surface area contributed by atoms with E-state index in [1.165, 1.54) is 25.3 Å². The number of halogens is 4. The van der Waals surface area contributed by atoms with E-state index in [0.717, 1.165) is 12.5 Å². The van der Waals surface area contributed by atoms with E-state index in [1.807, 2.05) is 6.07 Å². The van der Waals surface area contributed by atoms with E-state index >= 15 is 0 Å². The molecule has 3 aromatic rings. The van der Waals surface area contributed by atoms with Gasteiger partial charge >= 0.3 is 17.9 Å². The highest BCUT2D eigenvalue weighted by molar-refractivity contribution is 6.35. The number of anilines is 1. The average molecular weight is 496 g/mol. The summed E-state index contributed by atoms with van der Waals surface area (Å²) in [6, 6.07) is 12.7. The van der Waals surface area contributed by atoms with Crippen LogP contribution < -0.4 is 10.1 Å². The van der Waals surface area contributed by atoms with Gasteiger partial charge < -0.3 is 14.8 Å². The van der Waals surface area contributed by atoms with Gasteiger partial charge in [-0.25, -0.2) is 0 Å². The van der Waals surface area contributed by atoms with Crippen molar-refractivity contribution in [1.29, 1.82) is 0 Å². The summed E-state index contributed by atoms with van der Waals surface area (Å²) in [5.41, 5.74) is 1.43. The van der Waals surface area contributed by atoms with E-state index in [9.17, 15) is 13.6 Å². The fourth-order valence-corrected chi connectivity index (χ4v) is 3.49. The van der Waals surface area contributed by atoms with Gasteiger partial charge in [-0.3, -0.25) is 4.79 Å². The minimum absolute atomic E-state index is 0.0802. The summed E-state index contributed by atoms with van der Waals surface area (Å²) >= 11 is 12.1. The van der Waals surface area contributed by atoms with Crippen molar-refractivity contribution in [3.05, 3.63) is 69.7 Å². The first-order chi connectivity index (χ1) is 15.7. The maximum Gasteiger partial charge on any atom is 0.318 e. The molecule has 0 spiro atoms. The molecule has 3 rings (SSSR count).